The molecule has 12 rings (SSSR count). The van der Waals surface area contributed by atoms with Crippen molar-refractivity contribution in [1.82, 2.24) is 9.13 Å². The SMILES string of the molecule is CC1CC=Cc2c1sc1c2ccc2c1c1cc(-c3ccc4c(c3)c3ccccc3n4-c3ccc(C4C=CC=CC4C)cc3)ccc1n2-c1cccc2ccccc12. The number of allylic oxidation sites excluding steroid dienone is 5. The fraction of sp³-hybridized carbons (Fsp3) is 0.111. The zero-order valence-corrected chi connectivity index (χ0v) is 32.8. The van der Waals surface area contributed by atoms with E-state index < -0.39 is 0 Å². The highest BCUT2D eigenvalue weighted by atomic mass is 32.1. The summed E-state index contributed by atoms with van der Waals surface area (Å²) in [5.74, 6) is 1.43. The number of nitrogens with zero attached hydrogens (tertiary/aromatic N) is 2. The summed E-state index contributed by atoms with van der Waals surface area (Å²) in [6.45, 7) is 4.68. The molecule has 0 radical (unpaired) electrons. The maximum Gasteiger partial charge on any atom is 0.0556 e. The predicted octanol–water partition coefficient (Wildman–Crippen LogP) is 15.3. The molecule has 3 unspecified atom stereocenters. The highest BCUT2D eigenvalue weighted by Gasteiger charge is 2.24. The van der Waals surface area contributed by atoms with Crippen LogP contribution in [0.2, 0.25) is 0 Å². The number of rotatable bonds is 4. The second kappa shape index (κ2) is 12.5. The van der Waals surface area contributed by atoms with E-state index in [1.165, 1.54) is 103 Å². The fourth-order valence-electron chi connectivity index (χ4n) is 9.98. The van der Waals surface area contributed by atoms with Crippen molar-refractivity contribution in [2.75, 3.05) is 0 Å². The predicted molar refractivity (Wildman–Crippen MR) is 246 cm³/mol. The summed E-state index contributed by atoms with van der Waals surface area (Å²) in [5.41, 5.74) is 12.6. The minimum Gasteiger partial charge on any atom is -0.309 e. The third-order valence-corrected chi connectivity index (χ3v) is 14.3. The Hall–Kier alpha value is -6.42. The van der Waals surface area contributed by atoms with Gasteiger partial charge < -0.3 is 9.13 Å². The second-order valence-electron chi connectivity index (χ2n) is 16.2. The molecule has 272 valence electrons. The van der Waals surface area contributed by atoms with Gasteiger partial charge in [0.15, 0.2) is 0 Å². The zero-order chi connectivity index (χ0) is 37.8. The molecular weight excluding hydrogens is 709 g/mol. The monoisotopic (exact) mass is 748 g/mol. The van der Waals surface area contributed by atoms with Gasteiger partial charge in [0.2, 0.25) is 0 Å². The lowest BCUT2D eigenvalue weighted by Crippen LogP contribution is -2.07. The molecule has 0 fully saturated rings. The van der Waals surface area contributed by atoms with Gasteiger partial charge in [0, 0.05) is 53.5 Å². The van der Waals surface area contributed by atoms with Gasteiger partial charge >= 0.3 is 0 Å². The summed E-state index contributed by atoms with van der Waals surface area (Å²) < 4.78 is 6.34. The minimum absolute atomic E-state index is 0.407. The second-order valence-corrected chi connectivity index (χ2v) is 17.2. The molecule has 7 aromatic carbocycles. The number of hydrogen-bond donors (Lipinski definition) is 0. The molecule has 0 saturated carbocycles. The van der Waals surface area contributed by atoms with Crippen LogP contribution in [0.15, 0.2) is 170 Å². The largest absolute Gasteiger partial charge is 0.309 e. The van der Waals surface area contributed by atoms with Crippen LogP contribution in [0.5, 0.6) is 0 Å². The first-order chi connectivity index (χ1) is 28.1. The Kier molecular flexibility index (Phi) is 7.22. The van der Waals surface area contributed by atoms with Crippen molar-refractivity contribution in [2.24, 2.45) is 5.92 Å². The van der Waals surface area contributed by atoms with E-state index in [2.05, 4.69) is 199 Å². The molecule has 0 saturated heterocycles. The van der Waals surface area contributed by atoms with E-state index in [1.54, 1.807) is 0 Å². The van der Waals surface area contributed by atoms with Crippen molar-refractivity contribution in [1.29, 1.82) is 0 Å². The van der Waals surface area contributed by atoms with Crippen LogP contribution in [-0.2, 0) is 0 Å². The Bertz CT molecular complexity index is 3360. The molecule has 0 aliphatic heterocycles. The van der Waals surface area contributed by atoms with Crippen molar-refractivity contribution in [2.45, 2.75) is 32.1 Å². The van der Waals surface area contributed by atoms with Gasteiger partial charge in [0.25, 0.3) is 0 Å². The highest BCUT2D eigenvalue weighted by Crippen LogP contribution is 2.48. The fourth-order valence-corrected chi connectivity index (χ4v) is 11.4. The van der Waals surface area contributed by atoms with Crippen LogP contribution in [0.25, 0.3) is 93.0 Å². The van der Waals surface area contributed by atoms with E-state index in [-0.39, 0.29) is 0 Å². The first-order valence-electron chi connectivity index (χ1n) is 20.3. The smallest absolute Gasteiger partial charge is 0.0556 e. The van der Waals surface area contributed by atoms with E-state index in [0.29, 0.717) is 17.8 Å². The van der Waals surface area contributed by atoms with Crippen molar-refractivity contribution in [3.8, 4) is 22.5 Å². The van der Waals surface area contributed by atoms with Crippen LogP contribution in [0.3, 0.4) is 0 Å². The van der Waals surface area contributed by atoms with Crippen LogP contribution in [0, 0.1) is 5.92 Å². The summed E-state index contributed by atoms with van der Waals surface area (Å²) in [5, 5.41) is 9.09. The van der Waals surface area contributed by atoms with Gasteiger partial charge in [-0.05, 0) is 100 Å². The van der Waals surface area contributed by atoms with Crippen LogP contribution in [-0.4, -0.2) is 9.13 Å². The van der Waals surface area contributed by atoms with E-state index in [4.69, 9.17) is 0 Å². The summed E-state index contributed by atoms with van der Waals surface area (Å²) in [4.78, 5) is 1.51. The van der Waals surface area contributed by atoms with Crippen molar-refractivity contribution in [3.63, 3.8) is 0 Å². The molecule has 57 heavy (non-hydrogen) atoms. The van der Waals surface area contributed by atoms with Crippen LogP contribution < -0.4 is 0 Å². The number of fused-ring (bicyclic) bond motifs is 11. The van der Waals surface area contributed by atoms with Crippen LogP contribution in [0.1, 0.15) is 48.1 Å². The zero-order valence-electron chi connectivity index (χ0n) is 32.0. The lowest BCUT2D eigenvalue weighted by atomic mass is 9.84. The summed E-state index contributed by atoms with van der Waals surface area (Å²) in [6, 6.07) is 52.6. The molecule has 0 N–H and O–H groups in total. The number of thiophene rings is 1. The molecule has 2 aliphatic carbocycles. The quantitative estimate of drug-likeness (QED) is 0.170. The first-order valence-corrected chi connectivity index (χ1v) is 21.1. The van der Waals surface area contributed by atoms with Gasteiger partial charge in [-0.25, -0.2) is 0 Å². The third kappa shape index (κ3) is 4.89. The van der Waals surface area contributed by atoms with Crippen LogP contribution >= 0.6 is 11.3 Å². The Morgan fingerprint density at radius 1 is 0.561 bits per heavy atom. The molecule has 2 aliphatic rings. The molecule has 2 nitrogen and oxygen atoms in total. The summed E-state index contributed by atoms with van der Waals surface area (Å²) in [7, 11) is 0. The van der Waals surface area contributed by atoms with Gasteiger partial charge in [0.1, 0.15) is 0 Å². The maximum atomic E-state index is 2.51. The van der Waals surface area contributed by atoms with E-state index in [9.17, 15) is 0 Å². The van der Waals surface area contributed by atoms with Gasteiger partial charge in [-0.3, -0.25) is 0 Å². The van der Waals surface area contributed by atoms with E-state index >= 15 is 0 Å². The van der Waals surface area contributed by atoms with Gasteiger partial charge in [-0.1, -0.05) is 135 Å². The topological polar surface area (TPSA) is 9.86 Å². The maximum absolute atomic E-state index is 2.51. The molecule has 3 heteroatoms. The Morgan fingerprint density at radius 3 is 2.11 bits per heavy atom. The molecule has 3 aromatic heterocycles. The Labute approximate surface area is 335 Å². The van der Waals surface area contributed by atoms with E-state index in [1.807, 2.05) is 11.3 Å². The van der Waals surface area contributed by atoms with Gasteiger partial charge in [-0.2, -0.15) is 0 Å². The average molecular weight is 749 g/mol. The summed E-state index contributed by atoms with van der Waals surface area (Å²) in [6.07, 6.45) is 14.8. The number of hydrogen-bond acceptors (Lipinski definition) is 1. The van der Waals surface area contributed by atoms with Gasteiger partial charge in [0.05, 0.1) is 27.8 Å². The number of benzene rings is 7. The lowest BCUT2D eigenvalue weighted by Gasteiger charge is -2.21. The highest BCUT2D eigenvalue weighted by molar-refractivity contribution is 7.20. The molecule has 3 heterocycles. The normalized spacial score (nSPS) is 17.9. The molecule has 0 amide bonds. The molecule has 3 atom stereocenters. The third-order valence-electron chi connectivity index (χ3n) is 12.8. The molecule has 0 bridgehead atoms. The van der Waals surface area contributed by atoms with E-state index in [0.717, 1.165) is 6.42 Å². The molecule has 10 aromatic rings. The average Bonchev–Trinajstić information content (AvgIpc) is 3.92. The summed E-state index contributed by atoms with van der Waals surface area (Å²) >= 11 is 2.01. The number of para-hydroxylation sites is 1. The number of aromatic nitrogens is 2. The lowest BCUT2D eigenvalue weighted by molar-refractivity contribution is 0.635. The van der Waals surface area contributed by atoms with Crippen molar-refractivity contribution < 1.29 is 0 Å². The van der Waals surface area contributed by atoms with Crippen molar-refractivity contribution >= 4 is 81.9 Å². The molecule has 0 spiro atoms. The van der Waals surface area contributed by atoms with Gasteiger partial charge in [-0.15, -0.1) is 11.3 Å². The Morgan fingerprint density at radius 2 is 1.26 bits per heavy atom. The standard InChI is InChI=1S/C54H40N2S/c1-33-11-3-5-15-40(33)36-21-25-39(26-22-36)55-48-19-8-7-17-42(48)45-31-37(23-28-49(45)55)38-24-29-50-46(32-38)52-51(56(50)47-20-10-14-35-13-4-6-16-41(35)47)30-27-44-43-18-9-12-34(2)53(43)57-54(44)52/h3-11,13-34,40H,12H2,1-2H3. The first kappa shape index (κ1) is 32.8. The van der Waals surface area contributed by atoms with Crippen LogP contribution in [0.4, 0.5) is 0 Å². The minimum atomic E-state index is 0.407. The Balaban J connectivity index is 1.06. The van der Waals surface area contributed by atoms with Crippen molar-refractivity contribution in [3.05, 3.63) is 186 Å². The molecular formula is C54H40N2S.